The predicted molar refractivity (Wildman–Crippen MR) is 104 cm³/mol. The molecule has 10 heteroatoms. The molecule has 0 spiro atoms. The van der Waals surface area contributed by atoms with Crippen LogP contribution < -0.4 is 10.9 Å². The molecule has 3 aromatic rings. The van der Waals surface area contributed by atoms with Crippen molar-refractivity contribution in [2.75, 3.05) is 17.7 Å². The Morgan fingerprint density at radius 1 is 1.36 bits per heavy atom. The van der Waals surface area contributed by atoms with Crippen LogP contribution >= 0.6 is 11.8 Å². The fourth-order valence-electron chi connectivity index (χ4n) is 3.04. The number of H-pyrrole nitrogens is 1. The fraction of sp³-hybridized carbons (Fsp3) is 0.278. The molecule has 144 valence electrons. The van der Waals surface area contributed by atoms with E-state index in [0.717, 1.165) is 0 Å². The van der Waals surface area contributed by atoms with Crippen LogP contribution in [0.25, 0.3) is 11.0 Å². The van der Waals surface area contributed by atoms with E-state index in [1.54, 1.807) is 35.8 Å². The normalized spacial score (nSPS) is 15.4. The maximum atomic E-state index is 12.7. The SMILES string of the molecule is CCOC(=O)c1ccc(NC(=O)CC2CSc3nc4[nH]ncc4c(=O)n32)cc1. The molecule has 3 heterocycles. The van der Waals surface area contributed by atoms with E-state index < -0.39 is 5.97 Å². The second-order valence-corrected chi connectivity index (χ2v) is 7.20. The molecule has 0 radical (unpaired) electrons. The van der Waals surface area contributed by atoms with Gasteiger partial charge in [-0.05, 0) is 31.2 Å². The quantitative estimate of drug-likeness (QED) is 0.497. The molecule has 28 heavy (non-hydrogen) atoms. The number of carbonyl (C=O) groups excluding carboxylic acids is 2. The molecule has 1 amide bonds. The van der Waals surface area contributed by atoms with Gasteiger partial charge < -0.3 is 10.1 Å². The van der Waals surface area contributed by atoms with E-state index in [9.17, 15) is 14.4 Å². The average molecular weight is 399 g/mol. The number of ether oxygens (including phenoxy) is 1. The molecule has 4 rings (SSSR count). The van der Waals surface area contributed by atoms with E-state index >= 15 is 0 Å². The highest BCUT2D eigenvalue weighted by Crippen LogP contribution is 2.33. The Morgan fingerprint density at radius 2 is 2.14 bits per heavy atom. The van der Waals surface area contributed by atoms with Crippen molar-refractivity contribution in [1.29, 1.82) is 0 Å². The molecule has 1 aromatic carbocycles. The number of carbonyl (C=O) groups is 2. The van der Waals surface area contributed by atoms with Crippen LogP contribution in [0.2, 0.25) is 0 Å². The van der Waals surface area contributed by atoms with Gasteiger partial charge in [-0.3, -0.25) is 19.3 Å². The summed E-state index contributed by atoms with van der Waals surface area (Å²) in [7, 11) is 0. The van der Waals surface area contributed by atoms with E-state index in [4.69, 9.17) is 4.74 Å². The highest BCUT2D eigenvalue weighted by molar-refractivity contribution is 7.99. The number of aromatic amines is 1. The second kappa shape index (κ2) is 7.47. The number of amides is 1. The van der Waals surface area contributed by atoms with Crippen LogP contribution in [0.15, 0.2) is 40.4 Å². The number of esters is 1. The number of rotatable bonds is 5. The third-order valence-corrected chi connectivity index (χ3v) is 5.45. The van der Waals surface area contributed by atoms with Gasteiger partial charge in [0.25, 0.3) is 5.56 Å². The van der Waals surface area contributed by atoms with Gasteiger partial charge in [0.05, 0.1) is 24.4 Å². The first-order valence-corrected chi connectivity index (χ1v) is 9.71. The van der Waals surface area contributed by atoms with Crippen molar-refractivity contribution in [3.8, 4) is 0 Å². The molecule has 0 aliphatic carbocycles. The number of aromatic nitrogens is 4. The number of hydrogen-bond donors (Lipinski definition) is 2. The summed E-state index contributed by atoms with van der Waals surface area (Å²) in [6.45, 7) is 2.04. The molecular formula is C18H17N5O4S. The lowest BCUT2D eigenvalue weighted by Crippen LogP contribution is -2.27. The van der Waals surface area contributed by atoms with Crippen LogP contribution in [0.3, 0.4) is 0 Å². The Hall–Kier alpha value is -3.14. The summed E-state index contributed by atoms with van der Waals surface area (Å²) < 4.78 is 6.49. The Labute approximate surface area is 163 Å². The minimum Gasteiger partial charge on any atom is -0.462 e. The van der Waals surface area contributed by atoms with Crippen molar-refractivity contribution in [3.63, 3.8) is 0 Å². The topological polar surface area (TPSA) is 119 Å². The third-order valence-electron chi connectivity index (χ3n) is 4.35. The smallest absolute Gasteiger partial charge is 0.338 e. The maximum absolute atomic E-state index is 12.7. The second-order valence-electron chi connectivity index (χ2n) is 6.22. The summed E-state index contributed by atoms with van der Waals surface area (Å²) in [6, 6.07) is 6.20. The zero-order valence-corrected chi connectivity index (χ0v) is 15.8. The largest absolute Gasteiger partial charge is 0.462 e. The molecule has 1 unspecified atom stereocenters. The van der Waals surface area contributed by atoms with Gasteiger partial charge in [-0.2, -0.15) is 5.10 Å². The van der Waals surface area contributed by atoms with Crippen LogP contribution in [-0.4, -0.2) is 44.0 Å². The predicted octanol–water partition coefficient (Wildman–Crippen LogP) is 1.97. The first-order chi connectivity index (χ1) is 13.6. The van der Waals surface area contributed by atoms with E-state index in [1.165, 1.54) is 18.0 Å². The van der Waals surface area contributed by atoms with E-state index in [2.05, 4.69) is 20.5 Å². The van der Waals surface area contributed by atoms with Gasteiger partial charge in [0, 0.05) is 17.9 Å². The molecule has 0 saturated carbocycles. The lowest BCUT2D eigenvalue weighted by Gasteiger charge is -2.13. The monoisotopic (exact) mass is 399 g/mol. The molecule has 2 aromatic heterocycles. The summed E-state index contributed by atoms with van der Waals surface area (Å²) in [5.41, 5.74) is 1.24. The molecule has 0 fully saturated rings. The van der Waals surface area contributed by atoms with Crippen LogP contribution in [0.5, 0.6) is 0 Å². The fourth-order valence-corrected chi connectivity index (χ4v) is 4.17. The highest BCUT2D eigenvalue weighted by Gasteiger charge is 2.28. The van der Waals surface area contributed by atoms with Crippen LogP contribution in [0.1, 0.15) is 29.7 Å². The summed E-state index contributed by atoms with van der Waals surface area (Å²) in [4.78, 5) is 41.2. The standard InChI is InChI=1S/C18H17N5O4S/c1-2-27-17(26)10-3-5-11(6-4-10)20-14(24)7-12-9-28-18-21-15-13(8-19-22-15)16(25)23(12)18/h3-6,8,12H,2,7,9H2,1H3,(H,19,22)(H,20,24). The Bertz CT molecular complexity index is 1110. The molecule has 0 bridgehead atoms. The Morgan fingerprint density at radius 3 is 2.89 bits per heavy atom. The van der Waals surface area contributed by atoms with Gasteiger partial charge in [-0.1, -0.05) is 11.8 Å². The van der Waals surface area contributed by atoms with Gasteiger partial charge in [-0.15, -0.1) is 0 Å². The first-order valence-electron chi connectivity index (χ1n) is 8.72. The number of benzene rings is 1. The molecule has 0 saturated heterocycles. The van der Waals surface area contributed by atoms with Gasteiger partial charge >= 0.3 is 5.97 Å². The highest BCUT2D eigenvalue weighted by atomic mass is 32.2. The van der Waals surface area contributed by atoms with Crippen molar-refractivity contribution in [2.24, 2.45) is 0 Å². The van der Waals surface area contributed by atoms with Crippen molar-refractivity contribution in [2.45, 2.75) is 24.5 Å². The van der Waals surface area contributed by atoms with E-state index in [0.29, 0.717) is 39.8 Å². The van der Waals surface area contributed by atoms with Gasteiger partial charge in [-0.25, -0.2) is 9.78 Å². The number of nitrogens with one attached hydrogen (secondary N) is 2. The number of fused-ring (bicyclic) bond motifs is 2. The van der Waals surface area contributed by atoms with Crippen molar-refractivity contribution in [1.82, 2.24) is 19.7 Å². The number of hydrogen-bond acceptors (Lipinski definition) is 7. The van der Waals surface area contributed by atoms with E-state index in [1.807, 2.05) is 0 Å². The third kappa shape index (κ3) is 3.38. The van der Waals surface area contributed by atoms with Crippen LogP contribution in [0, 0.1) is 0 Å². The lowest BCUT2D eigenvalue weighted by atomic mass is 10.2. The minimum absolute atomic E-state index is 0.143. The van der Waals surface area contributed by atoms with Crippen molar-refractivity contribution < 1.29 is 14.3 Å². The van der Waals surface area contributed by atoms with Crippen molar-refractivity contribution in [3.05, 3.63) is 46.4 Å². The summed E-state index contributed by atoms with van der Waals surface area (Å²) in [6.07, 6.45) is 1.59. The Kier molecular flexibility index (Phi) is 4.86. The number of anilines is 1. The van der Waals surface area contributed by atoms with Crippen LogP contribution in [-0.2, 0) is 9.53 Å². The lowest BCUT2D eigenvalue weighted by molar-refractivity contribution is -0.116. The summed E-state index contributed by atoms with van der Waals surface area (Å²) in [5, 5.41) is 10.3. The molecule has 9 nitrogen and oxygen atoms in total. The number of nitrogens with zero attached hydrogens (tertiary/aromatic N) is 3. The van der Waals surface area contributed by atoms with Gasteiger partial charge in [0.2, 0.25) is 5.91 Å². The van der Waals surface area contributed by atoms with Crippen molar-refractivity contribution >= 4 is 40.4 Å². The summed E-state index contributed by atoms with van der Waals surface area (Å²) >= 11 is 1.44. The molecule has 1 aliphatic heterocycles. The molecular weight excluding hydrogens is 382 g/mol. The Balaban J connectivity index is 1.46. The summed E-state index contributed by atoms with van der Waals surface area (Å²) in [5.74, 6) is -0.0313. The van der Waals surface area contributed by atoms with Gasteiger partial charge in [0.1, 0.15) is 5.39 Å². The molecule has 2 N–H and O–H groups in total. The van der Waals surface area contributed by atoms with Gasteiger partial charge in [0.15, 0.2) is 10.8 Å². The zero-order chi connectivity index (χ0) is 19.7. The maximum Gasteiger partial charge on any atom is 0.338 e. The number of thioether (sulfide) groups is 1. The molecule has 1 aliphatic rings. The van der Waals surface area contributed by atoms with E-state index in [-0.39, 0.29) is 23.9 Å². The zero-order valence-electron chi connectivity index (χ0n) is 15.0. The average Bonchev–Trinajstić information content (AvgIpc) is 3.30. The molecule has 1 atom stereocenters. The van der Waals surface area contributed by atoms with Crippen LogP contribution in [0.4, 0.5) is 5.69 Å². The first kappa shape index (κ1) is 18.2. The minimum atomic E-state index is -0.405.